The van der Waals surface area contributed by atoms with Crippen LogP contribution in [0.3, 0.4) is 0 Å². The van der Waals surface area contributed by atoms with Crippen molar-refractivity contribution in [3.05, 3.63) is 36.5 Å². The second-order valence-electron chi connectivity index (χ2n) is 8.04. The molecular formula is C20H22N8O. The molecule has 0 saturated heterocycles. The Hall–Kier alpha value is -3.49. The number of hydrogen-bond donors (Lipinski definition) is 3. The zero-order valence-corrected chi connectivity index (χ0v) is 16.5. The van der Waals surface area contributed by atoms with Crippen molar-refractivity contribution in [2.45, 2.75) is 45.2 Å². The number of nitrogens with zero attached hydrogens (tertiary/aromatic N) is 5. The first-order valence-electron chi connectivity index (χ1n) is 9.61. The molecule has 0 radical (unpaired) electrons. The molecule has 1 aliphatic carbocycles. The lowest BCUT2D eigenvalue weighted by atomic mass is 9.74. The fourth-order valence-electron chi connectivity index (χ4n) is 4.22. The van der Waals surface area contributed by atoms with Crippen molar-refractivity contribution in [1.82, 2.24) is 34.9 Å². The molecule has 0 unspecified atom stereocenters. The topological polar surface area (TPSA) is 113 Å². The third-order valence-electron chi connectivity index (χ3n) is 5.52. The smallest absolute Gasteiger partial charge is 0.224 e. The minimum atomic E-state index is -0.147. The zero-order chi connectivity index (χ0) is 20.2. The summed E-state index contributed by atoms with van der Waals surface area (Å²) in [6, 6.07) is 4.22. The molecule has 4 aromatic heterocycles. The van der Waals surface area contributed by atoms with Gasteiger partial charge >= 0.3 is 0 Å². The highest BCUT2D eigenvalue weighted by Crippen LogP contribution is 2.34. The van der Waals surface area contributed by atoms with Crippen LogP contribution in [-0.2, 0) is 4.79 Å². The maximum absolute atomic E-state index is 11.3. The summed E-state index contributed by atoms with van der Waals surface area (Å²) >= 11 is 0. The monoisotopic (exact) mass is 390 g/mol. The quantitative estimate of drug-likeness (QED) is 0.493. The molecular weight excluding hydrogens is 368 g/mol. The number of nitrogens with one attached hydrogen (secondary N) is 3. The average Bonchev–Trinajstić information content (AvgIpc) is 3.23. The van der Waals surface area contributed by atoms with Gasteiger partial charge in [0, 0.05) is 53.6 Å². The van der Waals surface area contributed by atoms with E-state index in [0.717, 1.165) is 46.5 Å². The maximum atomic E-state index is 11.3. The van der Waals surface area contributed by atoms with Gasteiger partial charge in [0.2, 0.25) is 11.9 Å². The standard InChI is InChI=1S/C20H22N8O/c1-11-26-27-17-5-4-13(10-28(11)17)15-8-21-18-16(15)9-22-19(24-18)23-14-6-20(3,7-14)25-12(2)29/h4-5,8-10,14H,6-7H2,1-3H3,(H,25,29)(H2,21,22,23,24). The van der Waals surface area contributed by atoms with Crippen LogP contribution in [0.15, 0.2) is 30.7 Å². The van der Waals surface area contributed by atoms with Crippen LogP contribution in [-0.4, -0.2) is 47.0 Å². The molecule has 0 bridgehead atoms. The van der Waals surface area contributed by atoms with Gasteiger partial charge in [0.25, 0.3) is 0 Å². The summed E-state index contributed by atoms with van der Waals surface area (Å²) in [7, 11) is 0. The summed E-state index contributed by atoms with van der Waals surface area (Å²) in [5.74, 6) is 1.43. The third kappa shape index (κ3) is 3.08. The van der Waals surface area contributed by atoms with Crippen LogP contribution in [0, 0.1) is 6.92 Å². The number of carbonyl (C=O) groups is 1. The first kappa shape index (κ1) is 17.6. The van der Waals surface area contributed by atoms with Crippen molar-refractivity contribution >= 4 is 28.5 Å². The molecule has 1 amide bonds. The van der Waals surface area contributed by atoms with Gasteiger partial charge in [-0.15, -0.1) is 10.2 Å². The molecule has 0 aliphatic heterocycles. The van der Waals surface area contributed by atoms with Crippen LogP contribution in [0.2, 0.25) is 0 Å². The van der Waals surface area contributed by atoms with E-state index in [-0.39, 0.29) is 17.5 Å². The van der Waals surface area contributed by atoms with E-state index in [1.807, 2.05) is 42.0 Å². The van der Waals surface area contributed by atoms with E-state index < -0.39 is 0 Å². The minimum Gasteiger partial charge on any atom is -0.351 e. The Bertz CT molecular complexity index is 1230. The predicted molar refractivity (Wildman–Crippen MR) is 109 cm³/mol. The van der Waals surface area contributed by atoms with Gasteiger partial charge in [0.15, 0.2) is 5.65 Å². The minimum absolute atomic E-state index is 0.00221. The van der Waals surface area contributed by atoms with Crippen molar-refractivity contribution in [1.29, 1.82) is 0 Å². The molecule has 1 fully saturated rings. The Morgan fingerprint density at radius 2 is 2.14 bits per heavy atom. The van der Waals surface area contributed by atoms with Crippen molar-refractivity contribution in [2.24, 2.45) is 0 Å². The van der Waals surface area contributed by atoms with Gasteiger partial charge in [-0.3, -0.25) is 9.20 Å². The Morgan fingerprint density at radius 3 is 2.93 bits per heavy atom. The third-order valence-corrected chi connectivity index (χ3v) is 5.52. The number of amides is 1. The summed E-state index contributed by atoms with van der Waals surface area (Å²) in [6.07, 6.45) is 7.51. The van der Waals surface area contributed by atoms with Gasteiger partial charge in [0.05, 0.1) is 0 Å². The number of pyridine rings is 1. The largest absolute Gasteiger partial charge is 0.351 e. The van der Waals surface area contributed by atoms with E-state index in [1.54, 1.807) is 6.92 Å². The lowest BCUT2D eigenvalue weighted by Gasteiger charge is -2.45. The Labute approximate surface area is 167 Å². The van der Waals surface area contributed by atoms with Gasteiger partial charge in [-0.25, -0.2) is 4.98 Å². The maximum Gasteiger partial charge on any atom is 0.224 e. The Morgan fingerprint density at radius 1 is 1.31 bits per heavy atom. The number of aromatic amines is 1. The number of aryl methyl sites for hydroxylation is 1. The molecule has 4 aromatic rings. The second-order valence-corrected chi connectivity index (χ2v) is 8.04. The summed E-state index contributed by atoms with van der Waals surface area (Å²) in [5.41, 5.74) is 3.53. The van der Waals surface area contributed by atoms with E-state index in [1.165, 1.54) is 0 Å². The van der Waals surface area contributed by atoms with E-state index in [0.29, 0.717) is 5.95 Å². The predicted octanol–water partition coefficient (Wildman–Crippen LogP) is 2.45. The first-order chi connectivity index (χ1) is 13.9. The number of fused-ring (bicyclic) bond motifs is 2. The molecule has 1 aliphatic rings. The highest BCUT2D eigenvalue weighted by molar-refractivity contribution is 5.93. The number of H-pyrrole nitrogens is 1. The number of carbonyl (C=O) groups excluding carboxylic acids is 1. The van der Waals surface area contributed by atoms with Crippen LogP contribution in [0.5, 0.6) is 0 Å². The number of hydrogen-bond acceptors (Lipinski definition) is 6. The molecule has 1 saturated carbocycles. The van der Waals surface area contributed by atoms with Gasteiger partial charge in [-0.1, -0.05) is 0 Å². The van der Waals surface area contributed by atoms with Crippen LogP contribution in [0.4, 0.5) is 5.95 Å². The summed E-state index contributed by atoms with van der Waals surface area (Å²) in [4.78, 5) is 23.7. The highest BCUT2D eigenvalue weighted by Gasteiger charge is 2.41. The van der Waals surface area contributed by atoms with Crippen molar-refractivity contribution < 1.29 is 4.79 Å². The fourth-order valence-corrected chi connectivity index (χ4v) is 4.22. The van der Waals surface area contributed by atoms with Crippen molar-refractivity contribution in [3.63, 3.8) is 0 Å². The van der Waals surface area contributed by atoms with Crippen molar-refractivity contribution in [3.8, 4) is 11.1 Å². The van der Waals surface area contributed by atoms with Gasteiger partial charge in [-0.05, 0) is 38.8 Å². The molecule has 0 aromatic carbocycles. The van der Waals surface area contributed by atoms with Crippen molar-refractivity contribution in [2.75, 3.05) is 5.32 Å². The van der Waals surface area contributed by atoms with Crippen LogP contribution in [0.25, 0.3) is 27.8 Å². The first-order valence-corrected chi connectivity index (χ1v) is 9.61. The molecule has 3 N–H and O–H groups in total. The Kier molecular flexibility index (Phi) is 3.80. The van der Waals surface area contributed by atoms with E-state index in [2.05, 4.69) is 42.7 Å². The lowest BCUT2D eigenvalue weighted by molar-refractivity contribution is -0.121. The summed E-state index contributed by atoms with van der Waals surface area (Å²) in [6.45, 7) is 5.54. The fraction of sp³-hybridized carbons (Fsp3) is 0.350. The SMILES string of the molecule is CC(=O)NC1(C)CC(Nc2ncc3c(-c4ccc5nnc(C)n5c4)c[nH]c3n2)C1. The number of rotatable bonds is 4. The van der Waals surface area contributed by atoms with Gasteiger partial charge in [0.1, 0.15) is 11.5 Å². The zero-order valence-electron chi connectivity index (χ0n) is 16.5. The molecule has 9 nitrogen and oxygen atoms in total. The number of anilines is 1. The average molecular weight is 390 g/mol. The van der Waals surface area contributed by atoms with Crippen LogP contribution in [0.1, 0.15) is 32.5 Å². The molecule has 5 rings (SSSR count). The highest BCUT2D eigenvalue weighted by atomic mass is 16.1. The van der Waals surface area contributed by atoms with Gasteiger partial charge < -0.3 is 15.6 Å². The van der Waals surface area contributed by atoms with Crippen LogP contribution >= 0.6 is 0 Å². The normalized spacial score (nSPS) is 21.3. The van der Waals surface area contributed by atoms with Gasteiger partial charge in [-0.2, -0.15) is 4.98 Å². The number of aromatic nitrogens is 6. The van der Waals surface area contributed by atoms with E-state index >= 15 is 0 Å². The second kappa shape index (κ2) is 6.26. The summed E-state index contributed by atoms with van der Waals surface area (Å²) in [5, 5.41) is 15.6. The molecule has 0 spiro atoms. The van der Waals surface area contributed by atoms with E-state index in [4.69, 9.17) is 0 Å². The van der Waals surface area contributed by atoms with Crippen LogP contribution < -0.4 is 10.6 Å². The lowest BCUT2D eigenvalue weighted by Crippen LogP contribution is -2.59. The van der Waals surface area contributed by atoms with E-state index in [9.17, 15) is 4.79 Å². The molecule has 148 valence electrons. The molecule has 29 heavy (non-hydrogen) atoms. The molecule has 9 heteroatoms. The molecule has 0 atom stereocenters. The Balaban J connectivity index is 1.37. The summed E-state index contributed by atoms with van der Waals surface area (Å²) < 4.78 is 1.97. The molecule has 4 heterocycles.